The lowest BCUT2D eigenvalue weighted by atomic mass is 9.84. The SMILES string of the molecule is Cc1cnn(C[C@H]2CCCN2CC2(O)CCCCC2)c1. The van der Waals surface area contributed by atoms with E-state index in [9.17, 15) is 5.11 Å². The number of aryl methyl sites for hydroxylation is 1. The summed E-state index contributed by atoms with van der Waals surface area (Å²) in [5.74, 6) is 0. The summed E-state index contributed by atoms with van der Waals surface area (Å²) in [4.78, 5) is 2.50. The maximum absolute atomic E-state index is 10.8. The van der Waals surface area contributed by atoms with Crippen LogP contribution in [0.3, 0.4) is 0 Å². The van der Waals surface area contributed by atoms with E-state index in [4.69, 9.17) is 0 Å². The predicted molar refractivity (Wildman–Crippen MR) is 79.6 cm³/mol. The van der Waals surface area contributed by atoms with E-state index in [0.717, 1.165) is 32.5 Å². The molecule has 1 aromatic rings. The number of hydrogen-bond acceptors (Lipinski definition) is 3. The van der Waals surface area contributed by atoms with Gasteiger partial charge >= 0.3 is 0 Å². The molecular formula is C16H27N3O. The Kier molecular flexibility index (Phi) is 4.13. The van der Waals surface area contributed by atoms with E-state index in [1.54, 1.807) is 0 Å². The molecule has 1 atom stereocenters. The Morgan fingerprint density at radius 3 is 2.80 bits per heavy atom. The van der Waals surface area contributed by atoms with Crippen LogP contribution >= 0.6 is 0 Å². The highest BCUT2D eigenvalue weighted by Gasteiger charge is 2.35. The number of aromatic nitrogens is 2. The van der Waals surface area contributed by atoms with E-state index >= 15 is 0 Å². The zero-order valence-corrected chi connectivity index (χ0v) is 12.6. The van der Waals surface area contributed by atoms with Gasteiger partial charge in [-0.3, -0.25) is 9.58 Å². The molecule has 0 radical (unpaired) electrons. The molecule has 2 heterocycles. The predicted octanol–water partition coefficient (Wildman–Crippen LogP) is 2.35. The summed E-state index contributed by atoms with van der Waals surface area (Å²) in [7, 11) is 0. The Morgan fingerprint density at radius 1 is 1.30 bits per heavy atom. The van der Waals surface area contributed by atoms with Crippen LogP contribution in [0, 0.1) is 6.92 Å². The zero-order chi connectivity index (χ0) is 14.0. The highest BCUT2D eigenvalue weighted by molar-refractivity contribution is 5.00. The Morgan fingerprint density at radius 2 is 2.10 bits per heavy atom. The Labute approximate surface area is 121 Å². The van der Waals surface area contributed by atoms with Gasteiger partial charge in [0, 0.05) is 18.8 Å². The highest BCUT2D eigenvalue weighted by Crippen LogP contribution is 2.31. The maximum atomic E-state index is 10.8. The van der Waals surface area contributed by atoms with Crippen LogP contribution in [-0.4, -0.2) is 44.5 Å². The number of likely N-dealkylation sites (tertiary alicyclic amines) is 1. The fraction of sp³-hybridized carbons (Fsp3) is 0.812. The smallest absolute Gasteiger partial charge is 0.0774 e. The summed E-state index contributed by atoms with van der Waals surface area (Å²) in [5.41, 5.74) is 0.793. The summed E-state index contributed by atoms with van der Waals surface area (Å²) in [5, 5.41) is 15.2. The minimum atomic E-state index is -0.430. The first kappa shape index (κ1) is 14.1. The molecule has 1 saturated carbocycles. The Balaban J connectivity index is 1.60. The molecular weight excluding hydrogens is 250 g/mol. The lowest BCUT2D eigenvalue weighted by Crippen LogP contribution is -2.47. The van der Waals surface area contributed by atoms with Gasteiger partial charge in [-0.25, -0.2) is 0 Å². The van der Waals surface area contributed by atoms with Crippen molar-refractivity contribution in [3.05, 3.63) is 18.0 Å². The van der Waals surface area contributed by atoms with E-state index in [-0.39, 0.29) is 0 Å². The third kappa shape index (κ3) is 3.23. The maximum Gasteiger partial charge on any atom is 0.0774 e. The molecule has 0 spiro atoms. The fourth-order valence-corrected chi connectivity index (χ4v) is 3.84. The van der Waals surface area contributed by atoms with E-state index in [1.807, 2.05) is 6.20 Å². The van der Waals surface area contributed by atoms with Crippen LogP contribution in [-0.2, 0) is 6.54 Å². The molecule has 0 aromatic carbocycles. The Bertz CT molecular complexity index is 437. The molecule has 4 heteroatoms. The van der Waals surface area contributed by atoms with Crippen molar-refractivity contribution in [3.8, 4) is 0 Å². The first-order valence-corrected chi connectivity index (χ1v) is 8.10. The number of hydrogen-bond donors (Lipinski definition) is 1. The zero-order valence-electron chi connectivity index (χ0n) is 12.6. The molecule has 0 unspecified atom stereocenters. The van der Waals surface area contributed by atoms with E-state index < -0.39 is 5.60 Å². The molecule has 20 heavy (non-hydrogen) atoms. The van der Waals surface area contributed by atoms with Gasteiger partial charge < -0.3 is 5.11 Å². The van der Waals surface area contributed by atoms with Crippen molar-refractivity contribution in [1.29, 1.82) is 0 Å². The van der Waals surface area contributed by atoms with Crippen LogP contribution in [0.25, 0.3) is 0 Å². The van der Waals surface area contributed by atoms with Crippen LogP contribution in [0.15, 0.2) is 12.4 Å². The molecule has 1 aromatic heterocycles. The van der Waals surface area contributed by atoms with Gasteiger partial charge in [0.2, 0.25) is 0 Å². The van der Waals surface area contributed by atoms with Gasteiger partial charge in [-0.05, 0) is 44.7 Å². The van der Waals surface area contributed by atoms with Crippen molar-refractivity contribution in [1.82, 2.24) is 14.7 Å². The topological polar surface area (TPSA) is 41.3 Å². The van der Waals surface area contributed by atoms with Crippen molar-refractivity contribution < 1.29 is 5.11 Å². The Hall–Kier alpha value is -0.870. The van der Waals surface area contributed by atoms with Crippen LogP contribution in [0.1, 0.15) is 50.5 Å². The third-order valence-electron chi connectivity index (χ3n) is 4.94. The summed E-state index contributed by atoms with van der Waals surface area (Å²) >= 11 is 0. The second kappa shape index (κ2) is 5.86. The van der Waals surface area contributed by atoms with Crippen molar-refractivity contribution in [2.24, 2.45) is 0 Å². The molecule has 1 N–H and O–H groups in total. The molecule has 2 fully saturated rings. The van der Waals surface area contributed by atoms with E-state index in [0.29, 0.717) is 6.04 Å². The third-order valence-corrected chi connectivity index (χ3v) is 4.94. The van der Waals surface area contributed by atoms with Crippen LogP contribution < -0.4 is 0 Å². The first-order valence-electron chi connectivity index (χ1n) is 8.10. The number of aliphatic hydroxyl groups is 1. The molecule has 112 valence electrons. The van der Waals surface area contributed by atoms with Crippen LogP contribution in [0.5, 0.6) is 0 Å². The van der Waals surface area contributed by atoms with Gasteiger partial charge in [0.15, 0.2) is 0 Å². The summed E-state index contributed by atoms with van der Waals surface area (Å²) in [6.45, 7) is 5.04. The largest absolute Gasteiger partial charge is 0.389 e. The van der Waals surface area contributed by atoms with Crippen LogP contribution in [0.2, 0.25) is 0 Å². The monoisotopic (exact) mass is 277 g/mol. The molecule has 4 nitrogen and oxygen atoms in total. The quantitative estimate of drug-likeness (QED) is 0.918. The molecule has 3 rings (SSSR count). The van der Waals surface area contributed by atoms with Crippen molar-refractivity contribution in [2.45, 2.75) is 70.1 Å². The lowest BCUT2D eigenvalue weighted by molar-refractivity contribution is -0.0304. The van der Waals surface area contributed by atoms with Gasteiger partial charge in [0.05, 0.1) is 18.3 Å². The summed E-state index contributed by atoms with van der Waals surface area (Å²) in [6, 6.07) is 0.542. The molecule has 2 aliphatic rings. The molecule has 0 amide bonds. The second-order valence-corrected chi connectivity index (χ2v) is 6.79. The van der Waals surface area contributed by atoms with Gasteiger partial charge in [-0.15, -0.1) is 0 Å². The second-order valence-electron chi connectivity index (χ2n) is 6.79. The van der Waals surface area contributed by atoms with Gasteiger partial charge in [-0.1, -0.05) is 19.3 Å². The number of β-amino-alcohol motifs (C(OH)–C–C–N with tert-alkyl or cyclic N) is 1. The number of rotatable bonds is 4. The minimum Gasteiger partial charge on any atom is -0.389 e. The minimum absolute atomic E-state index is 0.430. The van der Waals surface area contributed by atoms with Gasteiger partial charge in [0.25, 0.3) is 0 Å². The van der Waals surface area contributed by atoms with Gasteiger partial charge in [0.1, 0.15) is 0 Å². The molecule has 1 saturated heterocycles. The molecule has 1 aliphatic carbocycles. The van der Waals surface area contributed by atoms with Gasteiger partial charge in [-0.2, -0.15) is 5.10 Å². The normalized spacial score (nSPS) is 27.0. The van der Waals surface area contributed by atoms with E-state index in [1.165, 1.54) is 37.7 Å². The summed E-state index contributed by atoms with van der Waals surface area (Å²) in [6.07, 6.45) is 12.2. The number of nitrogens with zero attached hydrogens (tertiary/aromatic N) is 3. The molecule has 0 bridgehead atoms. The van der Waals surface area contributed by atoms with Crippen molar-refractivity contribution in [3.63, 3.8) is 0 Å². The van der Waals surface area contributed by atoms with Crippen molar-refractivity contribution >= 4 is 0 Å². The summed E-state index contributed by atoms with van der Waals surface area (Å²) < 4.78 is 2.06. The lowest BCUT2D eigenvalue weighted by Gasteiger charge is -2.37. The van der Waals surface area contributed by atoms with E-state index in [2.05, 4.69) is 27.8 Å². The fourth-order valence-electron chi connectivity index (χ4n) is 3.84. The first-order chi connectivity index (χ1) is 9.65. The van der Waals surface area contributed by atoms with Crippen molar-refractivity contribution in [2.75, 3.05) is 13.1 Å². The molecule has 1 aliphatic heterocycles. The van der Waals surface area contributed by atoms with Crippen LogP contribution in [0.4, 0.5) is 0 Å². The highest BCUT2D eigenvalue weighted by atomic mass is 16.3. The average Bonchev–Trinajstić information content (AvgIpc) is 3.01. The standard InChI is InChI=1S/C16H27N3O/c1-14-10-17-19(11-14)12-15-6-5-9-18(15)13-16(20)7-3-2-4-8-16/h10-11,15,20H,2-9,12-13H2,1H3/t15-/m1/s1. The average molecular weight is 277 g/mol.